The molecule has 0 aliphatic carbocycles. The number of rotatable bonds is 9. The molecule has 1 rings (SSSR count). The van der Waals surface area contributed by atoms with Gasteiger partial charge < -0.3 is 9.47 Å². The lowest BCUT2D eigenvalue weighted by Crippen LogP contribution is -2.26. The predicted molar refractivity (Wildman–Crippen MR) is 81.2 cm³/mol. The van der Waals surface area contributed by atoms with Crippen molar-refractivity contribution in [3.8, 4) is 5.75 Å². The Labute approximate surface area is 126 Å². The average Bonchev–Trinajstić information content (AvgIpc) is 2.42. The molecule has 0 heterocycles. The highest BCUT2D eigenvalue weighted by molar-refractivity contribution is 5.97. The second kappa shape index (κ2) is 9.16. The largest absolute Gasteiger partial charge is 0.494 e. The molecule has 0 aromatic heterocycles. The zero-order valence-corrected chi connectivity index (χ0v) is 13.0. The Balaban J connectivity index is 2.28. The fraction of sp³-hybridized carbons (Fsp3) is 0.529. The Hall–Kier alpha value is -1.84. The lowest BCUT2D eigenvalue weighted by atomic mass is 9.98. The Kier molecular flexibility index (Phi) is 7.51. The van der Waals surface area contributed by atoms with Gasteiger partial charge in [-0.05, 0) is 52.2 Å². The summed E-state index contributed by atoms with van der Waals surface area (Å²) >= 11 is 0. The van der Waals surface area contributed by atoms with Crippen molar-refractivity contribution in [3.05, 3.63) is 30.3 Å². The molecule has 116 valence electrons. The van der Waals surface area contributed by atoms with Crippen molar-refractivity contribution in [1.82, 2.24) is 0 Å². The molecule has 1 aromatic rings. The maximum atomic E-state index is 11.8. The number of para-hydroxylation sites is 1. The second-order valence-corrected chi connectivity index (χ2v) is 5.31. The number of carbonyl (C=O) groups is 2. The van der Waals surface area contributed by atoms with Crippen molar-refractivity contribution in [2.24, 2.45) is 5.92 Å². The maximum Gasteiger partial charge on any atom is 0.316 e. The predicted octanol–water partition coefficient (Wildman–Crippen LogP) is 3.39. The van der Waals surface area contributed by atoms with Crippen LogP contribution in [0.1, 0.15) is 40.0 Å². The molecule has 4 heteroatoms. The standard InChI is InChI=1S/C17H24O4/c1-13(2)21-17(19)16(14(3)18)11-7-8-12-20-15-9-5-4-6-10-15/h4-6,9-10,13,16H,7-8,11-12H2,1-3H3. The van der Waals surface area contributed by atoms with Crippen LogP contribution in [-0.2, 0) is 14.3 Å². The second-order valence-electron chi connectivity index (χ2n) is 5.31. The van der Waals surface area contributed by atoms with E-state index in [1.54, 1.807) is 13.8 Å². The smallest absolute Gasteiger partial charge is 0.316 e. The number of hydrogen-bond donors (Lipinski definition) is 0. The van der Waals surface area contributed by atoms with Crippen LogP contribution >= 0.6 is 0 Å². The minimum atomic E-state index is -0.649. The van der Waals surface area contributed by atoms with E-state index in [9.17, 15) is 9.59 Å². The molecular weight excluding hydrogens is 268 g/mol. The Morgan fingerprint density at radius 2 is 1.76 bits per heavy atom. The van der Waals surface area contributed by atoms with Crippen molar-refractivity contribution in [2.75, 3.05) is 6.61 Å². The molecule has 0 spiro atoms. The first kappa shape index (κ1) is 17.2. The first-order valence-corrected chi connectivity index (χ1v) is 7.39. The Morgan fingerprint density at radius 1 is 1.10 bits per heavy atom. The minimum absolute atomic E-state index is 0.135. The van der Waals surface area contributed by atoms with Gasteiger partial charge >= 0.3 is 5.97 Å². The van der Waals surface area contributed by atoms with Crippen molar-refractivity contribution < 1.29 is 19.1 Å². The highest BCUT2D eigenvalue weighted by Crippen LogP contribution is 2.14. The van der Waals surface area contributed by atoms with Gasteiger partial charge in [-0.3, -0.25) is 9.59 Å². The van der Waals surface area contributed by atoms with Crippen LogP contribution in [0, 0.1) is 5.92 Å². The molecule has 0 bridgehead atoms. The van der Waals surface area contributed by atoms with Crippen LogP contribution in [-0.4, -0.2) is 24.5 Å². The van der Waals surface area contributed by atoms with Crippen molar-refractivity contribution >= 4 is 11.8 Å². The van der Waals surface area contributed by atoms with Crippen LogP contribution in [0.25, 0.3) is 0 Å². The fourth-order valence-corrected chi connectivity index (χ4v) is 1.96. The lowest BCUT2D eigenvalue weighted by Gasteiger charge is -2.15. The normalized spacial score (nSPS) is 12.0. The molecule has 1 atom stereocenters. The van der Waals surface area contributed by atoms with E-state index in [1.807, 2.05) is 30.3 Å². The summed E-state index contributed by atoms with van der Waals surface area (Å²) < 4.78 is 10.7. The third kappa shape index (κ3) is 6.93. The quantitative estimate of drug-likeness (QED) is 0.398. The summed E-state index contributed by atoms with van der Waals surface area (Å²) in [6.07, 6.45) is 1.87. The van der Waals surface area contributed by atoms with Gasteiger partial charge in [0.2, 0.25) is 0 Å². The van der Waals surface area contributed by atoms with E-state index in [0.717, 1.165) is 18.6 Å². The molecule has 0 saturated heterocycles. The van der Waals surface area contributed by atoms with Crippen LogP contribution < -0.4 is 4.74 Å². The molecule has 21 heavy (non-hydrogen) atoms. The van der Waals surface area contributed by atoms with Gasteiger partial charge in [-0.2, -0.15) is 0 Å². The number of hydrogen-bond acceptors (Lipinski definition) is 4. The molecule has 1 aromatic carbocycles. The summed E-state index contributed by atoms with van der Waals surface area (Å²) in [5.74, 6) is -0.366. The van der Waals surface area contributed by atoms with E-state index in [4.69, 9.17) is 9.47 Å². The molecule has 1 unspecified atom stereocenters. The van der Waals surface area contributed by atoms with Crippen LogP contribution in [0.2, 0.25) is 0 Å². The highest BCUT2D eigenvalue weighted by atomic mass is 16.5. The number of unbranched alkanes of at least 4 members (excludes halogenated alkanes) is 1. The Morgan fingerprint density at radius 3 is 2.33 bits per heavy atom. The molecule has 0 aliphatic heterocycles. The van der Waals surface area contributed by atoms with Crippen molar-refractivity contribution in [2.45, 2.75) is 46.1 Å². The number of Topliss-reactive ketones (excluding diaryl/α,β-unsaturated/α-hetero) is 1. The summed E-state index contributed by atoms with van der Waals surface area (Å²) in [4.78, 5) is 23.3. The summed E-state index contributed by atoms with van der Waals surface area (Å²) in [5, 5.41) is 0. The van der Waals surface area contributed by atoms with E-state index >= 15 is 0 Å². The monoisotopic (exact) mass is 292 g/mol. The molecule has 0 fully saturated rings. The SMILES string of the molecule is CC(=O)C(CCCCOc1ccccc1)C(=O)OC(C)C. The molecular formula is C17H24O4. The molecule has 0 aliphatic rings. The molecule has 0 saturated carbocycles. The zero-order chi connectivity index (χ0) is 15.7. The van der Waals surface area contributed by atoms with Crippen molar-refractivity contribution in [1.29, 1.82) is 0 Å². The number of ether oxygens (including phenoxy) is 2. The van der Waals surface area contributed by atoms with Crippen molar-refractivity contribution in [3.63, 3.8) is 0 Å². The van der Waals surface area contributed by atoms with E-state index in [1.165, 1.54) is 6.92 Å². The van der Waals surface area contributed by atoms with Gasteiger partial charge in [0.05, 0.1) is 12.7 Å². The third-order valence-corrected chi connectivity index (χ3v) is 3.03. The molecule has 0 radical (unpaired) electrons. The van der Waals surface area contributed by atoms with Gasteiger partial charge in [0.25, 0.3) is 0 Å². The third-order valence-electron chi connectivity index (χ3n) is 3.03. The maximum absolute atomic E-state index is 11.8. The summed E-state index contributed by atoms with van der Waals surface area (Å²) in [6.45, 7) is 5.58. The molecule has 4 nitrogen and oxygen atoms in total. The van der Waals surface area contributed by atoms with Gasteiger partial charge in [0.15, 0.2) is 0 Å². The minimum Gasteiger partial charge on any atom is -0.494 e. The van der Waals surface area contributed by atoms with Crippen LogP contribution in [0.3, 0.4) is 0 Å². The zero-order valence-electron chi connectivity index (χ0n) is 13.0. The lowest BCUT2D eigenvalue weighted by molar-refractivity contribution is -0.155. The van der Waals surface area contributed by atoms with Gasteiger partial charge in [0.1, 0.15) is 17.5 Å². The van der Waals surface area contributed by atoms with E-state index < -0.39 is 11.9 Å². The van der Waals surface area contributed by atoms with Crippen LogP contribution in [0.5, 0.6) is 5.75 Å². The highest BCUT2D eigenvalue weighted by Gasteiger charge is 2.24. The number of ketones is 1. The van der Waals surface area contributed by atoms with Gasteiger partial charge in [-0.1, -0.05) is 18.2 Å². The number of benzene rings is 1. The van der Waals surface area contributed by atoms with Crippen LogP contribution in [0.4, 0.5) is 0 Å². The molecule has 0 amide bonds. The van der Waals surface area contributed by atoms with Gasteiger partial charge in [-0.15, -0.1) is 0 Å². The summed E-state index contributed by atoms with van der Waals surface area (Å²) in [6, 6.07) is 9.58. The molecule has 0 N–H and O–H groups in total. The van der Waals surface area contributed by atoms with Gasteiger partial charge in [0, 0.05) is 0 Å². The van der Waals surface area contributed by atoms with E-state index in [-0.39, 0.29) is 11.9 Å². The summed E-state index contributed by atoms with van der Waals surface area (Å²) in [7, 11) is 0. The topological polar surface area (TPSA) is 52.6 Å². The fourth-order valence-electron chi connectivity index (χ4n) is 1.96. The summed E-state index contributed by atoms with van der Waals surface area (Å²) in [5.41, 5.74) is 0. The van der Waals surface area contributed by atoms with E-state index in [0.29, 0.717) is 13.0 Å². The average molecular weight is 292 g/mol. The first-order chi connectivity index (χ1) is 10.0. The van der Waals surface area contributed by atoms with E-state index in [2.05, 4.69) is 0 Å². The number of esters is 1. The first-order valence-electron chi connectivity index (χ1n) is 7.39. The number of carbonyl (C=O) groups excluding carboxylic acids is 2. The van der Waals surface area contributed by atoms with Crippen LogP contribution in [0.15, 0.2) is 30.3 Å². The van der Waals surface area contributed by atoms with Gasteiger partial charge in [-0.25, -0.2) is 0 Å². The Bertz CT molecular complexity index is 439.